The van der Waals surface area contributed by atoms with Gasteiger partial charge in [0.2, 0.25) is 11.8 Å². The summed E-state index contributed by atoms with van der Waals surface area (Å²) < 4.78 is 6.35. The Hall–Kier alpha value is -2.98. The molecule has 158 valence electrons. The van der Waals surface area contributed by atoms with Crippen molar-refractivity contribution in [2.24, 2.45) is 0 Å². The van der Waals surface area contributed by atoms with Crippen LogP contribution in [0.2, 0.25) is 0 Å². The highest BCUT2D eigenvalue weighted by molar-refractivity contribution is 9.10. The number of thiocarbonyl (C=S) groups is 1. The smallest absolute Gasteiger partial charge is 0.264 e. The summed E-state index contributed by atoms with van der Waals surface area (Å²) in [6.07, 6.45) is -0.0455. The number of carbonyl (C=O) groups is 3. The standard InChI is InChI=1S/C20H21BrN4O4S/c1-13-11-14(21)7-8-16(13)29-12-19(28)23-20(30)25-24-18(27)10-9-17(26)22-15-5-3-2-4-6-15/h2-8,11H,9-10,12H2,1H3,(H,22,26)(H,24,27)(H2,23,25,28,30). The third kappa shape index (κ3) is 8.58. The Balaban J connectivity index is 1.62. The normalized spacial score (nSPS) is 9.93. The van der Waals surface area contributed by atoms with Gasteiger partial charge in [-0.25, -0.2) is 0 Å². The fourth-order valence-corrected chi connectivity index (χ4v) is 2.91. The Morgan fingerprint density at radius 1 is 0.967 bits per heavy atom. The molecule has 0 heterocycles. The topological polar surface area (TPSA) is 109 Å². The highest BCUT2D eigenvalue weighted by atomic mass is 79.9. The monoisotopic (exact) mass is 492 g/mol. The summed E-state index contributed by atoms with van der Waals surface area (Å²) in [6, 6.07) is 14.4. The predicted octanol–water partition coefficient (Wildman–Crippen LogP) is 2.58. The quantitative estimate of drug-likeness (QED) is 0.349. The summed E-state index contributed by atoms with van der Waals surface area (Å²) in [4.78, 5) is 35.5. The molecule has 0 saturated heterocycles. The van der Waals surface area contributed by atoms with Gasteiger partial charge < -0.3 is 10.1 Å². The number of hydrazine groups is 1. The Morgan fingerprint density at radius 3 is 2.37 bits per heavy atom. The SMILES string of the molecule is Cc1cc(Br)ccc1OCC(=O)NC(=S)NNC(=O)CCC(=O)Nc1ccccc1. The van der Waals surface area contributed by atoms with E-state index in [1.54, 1.807) is 30.3 Å². The van der Waals surface area contributed by atoms with Gasteiger partial charge in [0.25, 0.3) is 5.91 Å². The predicted molar refractivity (Wildman–Crippen MR) is 121 cm³/mol. The van der Waals surface area contributed by atoms with E-state index in [0.29, 0.717) is 11.4 Å². The van der Waals surface area contributed by atoms with Gasteiger partial charge in [-0.15, -0.1) is 0 Å². The molecule has 0 fully saturated rings. The number of ether oxygens (including phenoxy) is 1. The number of rotatable bonds is 7. The van der Waals surface area contributed by atoms with Gasteiger partial charge in [-0.2, -0.15) is 0 Å². The first kappa shape index (κ1) is 23.3. The molecule has 2 rings (SSSR count). The van der Waals surface area contributed by atoms with Crippen molar-refractivity contribution in [2.45, 2.75) is 19.8 Å². The number of aryl methyl sites for hydroxylation is 1. The average molecular weight is 493 g/mol. The van der Waals surface area contributed by atoms with Crippen molar-refractivity contribution in [2.75, 3.05) is 11.9 Å². The van der Waals surface area contributed by atoms with Crippen LogP contribution in [0, 0.1) is 6.92 Å². The molecule has 8 nitrogen and oxygen atoms in total. The van der Waals surface area contributed by atoms with Crippen molar-refractivity contribution in [3.63, 3.8) is 0 Å². The van der Waals surface area contributed by atoms with Gasteiger partial charge >= 0.3 is 0 Å². The molecule has 0 radical (unpaired) electrons. The fraction of sp³-hybridized carbons (Fsp3) is 0.200. The van der Waals surface area contributed by atoms with Gasteiger partial charge in [-0.1, -0.05) is 34.1 Å². The van der Waals surface area contributed by atoms with Crippen LogP contribution >= 0.6 is 28.1 Å². The van der Waals surface area contributed by atoms with Crippen LogP contribution in [0.1, 0.15) is 18.4 Å². The maximum absolute atomic E-state index is 11.9. The minimum Gasteiger partial charge on any atom is -0.483 e. The first-order valence-corrected chi connectivity index (χ1v) is 10.2. The Labute approximate surface area is 187 Å². The average Bonchev–Trinajstić information content (AvgIpc) is 2.71. The first-order valence-electron chi connectivity index (χ1n) is 8.96. The molecule has 10 heteroatoms. The minimum absolute atomic E-state index is 0.00189. The third-order valence-corrected chi connectivity index (χ3v) is 4.40. The number of hydrogen-bond donors (Lipinski definition) is 4. The maximum Gasteiger partial charge on any atom is 0.264 e. The van der Waals surface area contributed by atoms with E-state index in [1.165, 1.54) is 0 Å². The molecule has 0 atom stereocenters. The number of halogens is 1. The molecule has 0 aliphatic heterocycles. The minimum atomic E-state index is -0.480. The van der Waals surface area contributed by atoms with E-state index in [0.717, 1.165) is 10.0 Å². The van der Waals surface area contributed by atoms with E-state index in [1.807, 2.05) is 25.1 Å². The first-order chi connectivity index (χ1) is 14.3. The summed E-state index contributed by atoms with van der Waals surface area (Å²) in [5.41, 5.74) is 6.27. The van der Waals surface area contributed by atoms with Crippen LogP contribution < -0.4 is 26.2 Å². The molecule has 2 aromatic rings. The van der Waals surface area contributed by atoms with Crippen LogP contribution in [0.25, 0.3) is 0 Å². The molecule has 0 unspecified atom stereocenters. The second kappa shape index (κ2) is 11.9. The molecule has 0 spiro atoms. The molecular weight excluding hydrogens is 472 g/mol. The molecular formula is C20H21BrN4O4S. The number of para-hydroxylation sites is 1. The molecule has 2 aromatic carbocycles. The van der Waals surface area contributed by atoms with Crippen LogP contribution in [-0.2, 0) is 14.4 Å². The third-order valence-electron chi connectivity index (χ3n) is 3.70. The van der Waals surface area contributed by atoms with E-state index in [9.17, 15) is 14.4 Å². The van der Waals surface area contributed by atoms with Crippen LogP contribution in [-0.4, -0.2) is 29.4 Å². The van der Waals surface area contributed by atoms with E-state index in [-0.39, 0.29) is 30.5 Å². The lowest BCUT2D eigenvalue weighted by Gasteiger charge is -2.12. The number of amides is 3. The Kier molecular flexibility index (Phi) is 9.23. The van der Waals surface area contributed by atoms with E-state index >= 15 is 0 Å². The Bertz CT molecular complexity index is 924. The lowest BCUT2D eigenvalue weighted by molar-refractivity contribution is -0.125. The van der Waals surface area contributed by atoms with Crippen molar-refractivity contribution < 1.29 is 19.1 Å². The van der Waals surface area contributed by atoms with E-state index < -0.39 is 11.8 Å². The molecule has 30 heavy (non-hydrogen) atoms. The second-order valence-electron chi connectivity index (χ2n) is 6.16. The number of carbonyl (C=O) groups excluding carboxylic acids is 3. The molecule has 0 aliphatic rings. The number of benzene rings is 2. The highest BCUT2D eigenvalue weighted by Gasteiger charge is 2.10. The molecule has 0 bridgehead atoms. The maximum atomic E-state index is 11.9. The van der Waals surface area contributed by atoms with E-state index in [4.69, 9.17) is 17.0 Å². The van der Waals surface area contributed by atoms with Crippen LogP contribution in [0.5, 0.6) is 5.75 Å². The lowest BCUT2D eigenvalue weighted by atomic mass is 10.2. The summed E-state index contributed by atoms with van der Waals surface area (Å²) >= 11 is 8.30. The summed E-state index contributed by atoms with van der Waals surface area (Å²) in [6.45, 7) is 1.62. The second-order valence-corrected chi connectivity index (χ2v) is 7.49. The highest BCUT2D eigenvalue weighted by Crippen LogP contribution is 2.21. The zero-order chi connectivity index (χ0) is 21.9. The van der Waals surface area contributed by atoms with Crippen LogP contribution in [0.15, 0.2) is 53.0 Å². The molecule has 3 amide bonds. The lowest BCUT2D eigenvalue weighted by Crippen LogP contribution is -2.49. The molecule has 0 saturated carbocycles. The van der Waals surface area contributed by atoms with Gasteiger partial charge in [0.1, 0.15) is 5.75 Å². The number of anilines is 1. The summed E-state index contributed by atoms with van der Waals surface area (Å²) in [5, 5.41) is 4.99. The van der Waals surface area contributed by atoms with Crippen molar-refractivity contribution in [3.8, 4) is 5.75 Å². The summed E-state index contributed by atoms with van der Waals surface area (Å²) in [5.74, 6) is -0.634. The van der Waals surface area contributed by atoms with Gasteiger partial charge in [-0.3, -0.25) is 30.6 Å². The van der Waals surface area contributed by atoms with Crippen molar-refractivity contribution in [1.29, 1.82) is 0 Å². The van der Waals surface area contributed by atoms with Crippen molar-refractivity contribution in [3.05, 3.63) is 58.6 Å². The Morgan fingerprint density at radius 2 is 1.67 bits per heavy atom. The van der Waals surface area contributed by atoms with Crippen molar-refractivity contribution >= 4 is 56.7 Å². The molecule has 0 aliphatic carbocycles. The van der Waals surface area contributed by atoms with E-state index in [2.05, 4.69) is 37.4 Å². The van der Waals surface area contributed by atoms with Gasteiger partial charge in [0.05, 0.1) is 0 Å². The van der Waals surface area contributed by atoms with Gasteiger partial charge in [-0.05, 0) is 55.0 Å². The zero-order valence-electron chi connectivity index (χ0n) is 16.2. The van der Waals surface area contributed by atoms with Crippen molar-refractivity contribution in [1.82, 2.24) is 16.2 Å². The number of hydrogen-bond acceptors (Lipinski definition) is 5. The van der Waals surface area contributed by atoms with Gasteiger partial charge in [0.15, 0.2) is 11.7 Å². The zero-order valence-corrected chi connectivity index (χ0v) is 18.6. The van der Waals surface area contributed by atoms with Gasteiger partial charge in [0, 0.05) is 23.0 Å². The summed E-state index contributed by atoms with van der Waals surface area (Å²) in [7, 11) is 0. The molecule has 0 aromatic heterocycles. The molecule has 4 N–H and O–H groups in total. The van der Waals surface area contributed by atoms with Crippen LogP contribution in [0.4, 0.5) is 5.69 Å². The number of nitrogens with one attached hydrogen (secondary N) is 4. The van der Waals surface area contributed by atoms with Crippen LogP contribution in [0.3, 0.4) is 0 Å². The fourth-order valence-electron chi connectivity index (χ4n) is 2.27. The largest absolute Gasteiger partial charge is 0.483 e.